The zero-order chi connectivity index (χ0) is 44.5. The van der Waals surface area contributed by atoms with Gasteiger partial charge < -0.3 is 20.3 Å². The Morgan fingerprint density at radius 3 is 1.18 bits per heavy atom. The second-order valence-electron chi connectivity index (χ2n) is 19.0. The van der Waals surface area contributed by atoms with Gasteiger partial charge in [-0.15, -0.1) is 0 Å². The van der Waals surface area contributed by atoms with Gasteiger partial charge in [0.05, 0.1) is 25.2 Å². The van der Waals surface area contributed by atoms with Gasteiger partial charge in [0.2, 0.25) is 5.91 Å². The van der Waals surface area contributed by atoms with E-state index in [1.807, 2.05) is 0 Å². The summed E-state index contributed by atoms with van der Waals surface area (Å²) >= 11 is 0. The molecule has 0 aromatic rings. The van der Waals surface area contributed by atoms with Gasteiger partial charge in [-0.2, -0.15) is 0 Å². The van der Waals surface area contributed by atoms with Crippen molar-refractivity contribution in [1.29, 1.82) is 0 Å². The summed E-state index contributed by atoms with van der Waals surface area (Å²) in [5, 5.41) is 23.8. The van der Waals surface area contributed by atoms with E-state index in [0.29, 0.717) is 19.3 Å². The lowest BCUT2D eigenvalue weighted by Gasteiger charge is -2.24. The molecule has 0 aliphatic heterocycles. The highest BCUT2D eigenvalue weighted by atomic mass is 16.5. The van der Waals surface area contributed by atoms with E-state index in [-0.39, 0.29) is 24.9 Å². The SMILES string of the molecule is CCCCCCCCC/C=C/CCCCCC(CC(=O)NC(CO)C(O)CCCCCCCCCCCCCCCCC)OC(=O)CCCCCCCCCCCCCCC. The summed E-state index contributed by atoms with van der Waals surface area (Å²) in [6.45, 7) is 6.51. The standard InChI is InChI=1S/C55H107NO5/c1-4-7-10-13-16-19-22-25-27-30-32-35-38-41-44-47-53(58)52(50-57)56-54(59)49-51(46-43-40-37-34-31-29-26-23-20-17-14-11-8-5-2)61-55(60)48-45-42-39-36-33-28-24-21-18-15-12-9-6-3/h29,31,51-53,57-58H,4-28,30,32-50H2,1-3H3,(H,56,59)/b31-29+. The third kappa shape index (κ3) is 45.0. The molecule has 0 aliphatic carbocycles. The minimum atomic E-state index is -0.786. The largest absolute Gasteiger partial charge is 0.462 e. The van der Waals surface area contributed by atoms with Crippen molar-refractivity contribution in [1.82, 2.24) is 5.32 Å². The Hall–Kier alpha value is -1.40. The molecule has 6 heteroatoms. The maximum atomic E-state index is 13.2. The fourth-order valence-electron chi connectivity index (χ4n) is 8.66. The van der Waals surface area contributed by atoms with E-state index >= 15 is 0 Å². The highest BCUT2D eigenvalue weighted by Gasteiger charge is 2.24. The van der Waals surface area contributed by atoms with E-state index in [1.54, 1.807) is 0 Å². The number of ether oxygens (including phenoxy) is 1. The first-order chi connectivity index (χ1) is 30.0. The van der Waals surface area contributed by atoms with Gasteiger partial charge in [-0.3, -0.25) is 9.59 Å². The van der Waals surface area contributed by atoms with Crippen LogP contribution < -0.4 is 5.32 Å². The number of esters is 1. The van der Waals surface area contributed by atoms with Crippen molar-refractivity contribution in [3.05, 3.63) is 12.2 Å². The third-order valence-electron chi connectivity index (χ3n) is 12.8. The molecular weight excluding hydrogens is 755 g/mol. The van der Waals surface area contributed by atoms with Gasteiger partial charge >= 0.3 is 5.97 Å². The lowest BCUT2D eigenvalue weighted by molar-refractivity contribution is -0.151. The fourth-order valence-corrected chi connectivity index (χ4v) is 8.66. The van der Waals surface area contributed by atoms with Crippen LogP contribution in [0.3, 0.4) is 0 Å². The minimum absolute atomic E-state index is 0.0743. The number of hydrogen-bond acceptors (Lipinski definition) is 5. The van der Waals surface area contributed by atoms with E-state index in [1.165, 1.54) is 199 Å². The van der Waals surface area contributed by atoms with Crippen LogP contribution in [0.5, 0.6) is 0 Å². The monoisotopic (exact) mass is 862 g/mol. The molecule has 0 radical (unpaired) electrons. The number of aliphatic hydroxyl groups excluding tert-OH is 2. The molecule has 61 heavy (non-hydrogen) atoms. The van der Waals surface area contributed by atoms with E-state index in [9.17, 15) is 19.8 Å². The van der Waals surface area contributed by atoms with Crippen LogP contribution in [0.4, 0.5) is 0 Å². The molecule has 1 amide bonds. The summed E-state index contributed by atoms with van der Waals surface area (Å²) in [6, 6.07) is -0.700. The van der Waals surface area contributed by atoms with Crippen molar-refractivity contribution in [2.24, 2.45) is 0 Å². The van der Waals surface area contributed by atoms with Gasteiger partial charge in [0.1, 0.15) is 6.10 Å². The number of carbonyl (C=O) groups excluding carboxylic acids is 2. The number of amides is 1. The van der Waals surface area contributed by atoms with Crippen LogP contribution in [0.25, 0.3) is 0 Å². The number of nitrogens with one attached hydrogen (secondary N) is 1. The molecule has 3 unspecified atom stereocenters. The first-order valence-electron chi connectivity index (χ1n) is 27.4. The molecule has 0 spiro atoms. The van der Waals surface area contributed by atoms with E-state index in [4.69, 9.17) is 4.74 Å². The molecular formula is C55H107NO5. The van der Waals surface area contributed by atoms with Crippen molar-refractivity contribution in [3.8, 4) is 0 Å². The molecule has 0 heterocycles. The van der Waals surface area contributed by atoms with Crippen molar-refractivity contribution < 1.29 is 24.5 Å². The summed E-state index contributed by atoms with van der Waals surface area (Å²) in [5.41, 5.74) is 0. The quantitative estimate of drug-likeness (QED) is 0.0322. The Bertz CT molecular complexity index is 924. The van der Waals surface area contributed by atoms with E-state index in [0.717, 1.165) is 57.8 Å². The Morgan fingerprint density at radius 2 is 0.787 bits per heavy atom. The number of aliphatic hydroxyl groups is 2. The van der Waals surface area contributed by atoms with Gasteiger partial charge in [0.15, 0.2) is 0 Å². The first kappa shape index (κ1) is 59.6. The Labute approximate surface area is 380 Å². The zero-order valence-corrected chi connectivity index (χ0v) is 41.3. The van der Waals surface area contributed by atoms with Crippen LogP contribution in [-0.4, -0.2) is 46.9 Å². The van der Waals surface area contributed by atoms with Crippen molar-refractivity contribution in [2.45, 2.75) is 322 Å². The number of carbonyl (C=O) groups is 2. The Kier molecular flexibility index (Phi) is 48.5. The number of allylic oxidation sites excluding steroid dienone is 2. The summed E-state index contributed by atoms with van der Waals surface area (Å²) in [4.78, 5) is 26.2. The van der Waals surface area contributed by atoms with Gasteiger partial charge in [0.25, 0.3) is 0 Å². The topological polar surface area (TPSA) is 95.9 Å². The lowest BCUT2D eigenvalue weighted by atomic mass is 10.0. The van der Waals surface area contributed by atoms with Crippen molar-refractivity contribution in [2.75, 3.05) is 6.61 Å². The normalized spacial score (nSPS) is 13.2. The molecule has 0 fully saturated rings. The van der Waals surface area contributed by atoms with Crippen molar-refractivity contribution >= 4 is 11.9 Å². The average Bonchev–Trinajstić information content (AvgIpc) is 3.25. The summed E-state index contributed by atoms with van der Waals surface area (Å²) < 4.78 is 5.94. The lowest BCUT2D eigenvalue weighted by Crippen LogP contribution is -2.46. The molecule has 362 valence electrons. The Morgan fingerprint density at radius 1 is 0.459 bits per heavy atom. The van der Waals surface area contributed by atoms with Crippen LogP contribution in [0, 0.1) is 0 Å². The molecule has 6 nitrogen and oxygen atoms in total. The van der Waals surface area contributed by atoms with Crippen LogP contribution in [0.2, 0.25) is 0 Å². The van der Waals surface area contributed by atoms with E-state index < -0.39 is 18.2 Å². The van der Waals surface area contributed by atoms with Crippen molar-refractivity contribution in [3.63, 3.8) is 0 Å². The molecule has 0 aromatic carbocycles. The maximum absolute atomic E-state index is 13.2. The van der Waals surface area contributed by atoms with Gasteiger partial charge in [-0.1, -0.05) is 251 Å². The van der Waals surface area contributed by atoms with Gasteiger partial charge in [-0.25, -0.2) is 0 Å². The maximum Gasteiger partial charge on any atom is 0.306 e. The predicted octanol–water partition coefficient (Wildman–Crippen LogP) is 16.5. The van der Waals surface area contributed by atoms with Crippen LogP contribution in [0.15, 0.2) is 12.2 Å². The smallest absolute Gasteiger partial charge is 0.306 e. The molecule has 0 saturated heterocycles. The van der Waals surface area contributed by atoms with Gasteiger partial charge in [-0.05, 0) is 51.4 Å². The predicted molar refractivity (Wildman–Crippen MR) is 264 cm³/mol. The van der Waals surface area contributed by atoms with Gasteiger partial charge in [0, 0.05) is 6.42 Å². The summed E-state index contributed by atoms with van der Waals surface area (Å²) in [5.74, 6) is -0.470. The van der Waals surface area contributed by atoms with Crippen LogP contribution in [-0.2, 0) is 14.3 Å². The fraction of sp³-hybridized carbons (Fsp3) is 0.927. The molecule has 3 atom stereocenters. The number of unbranched alkanes of at least 4 members (excludes halogenated alkanes) is 36. The highest BCUT2D eigenvalue weighted by molar-refractivity contribution is 5.77. The molecule has 0 rings (SSSR count). The summed E-state index contributed by atoms with van der Waals surface area (Å²) in [6.07, 6.45) is 55.6. The number of rotatable bonds is 50. The zero-order valence-electron chi connectivity index (χ0n) is 41.3. The second kappa shape index (κ2) is 49.6. The Balaban J connectivity index is 4.53. The molecule has 0 bridgehead atoms. The molecule has 0 aliphatic rings. The molecule has 0 saturated carbocycles. The minimum Gasteiger partial charge on any atom is -0.462 e. The summed E-state index contributed by atoms with van der Waals surface area (Å²) in [7, 11) is 0. The molecule has 0 aromatic heterocycles. The van der Waals surface area contributed by atoms with Crippen LogP contribution >= 0.6 is 0 Å². The average molecular weight is 862 g/mol. The second-order valence-corrected chi connectivity index (χ2v) is 19.0. The third-order valence-corrected chi connectivity index (χ3v) is 12.8. The first-order valence-corrected chi connectivity index (χ1v) is 27.4. The van der Waals surface area contributed by atoms with Crippen LogP contribution in [0.1, 0.15) is 303 Å². The highest BCUT2D eigenvalue weighted by Crippen LogP contribution is 2.18. The van der Waals surface area contributed by atoms with E-state index in [2.05, 4.69) is 38.2 Å². The molecule has 3 N–H and O–H groups in total. The number of hydrogen-bond donors (Lipinski definition) is 3.